The first-order valence-corrected chi connectivity index (χ1v) is 11.6. The summed E-state index contributed by atoms with van der Waals surface area (Å²) < 4.78 is 37.5. The molecule has 168 valence electrons. The van der Waals surface area contributed by atoms with E-state index in [0.29, 0.717) is 11.5 Å². The molecule has 1 heterocycles. The summed E-state index contributed by atoms with van der Waals surface area (Å²) in [5.41, 5.74) is 0.824. The number of nitrogens with zero attached hydrogens (tertiary/aromatic N) is 2. The lowest BCUT2D eigenvalue weighted by Crippen LogP contribution is -2.52. The Morgan fingerprint density at radius 1 is 0.968 bits per heavy atom. The molecule has 0 aromatic heterocycles. The monoisotopic (exact) mass is 487 g/mol. The van der Waals surface area contributed by atoms with Crippen LogP contribution in [-0.4, -0.2) is 64.1 Å². The SMILES string of the molecule is COc1cc(CNC(=O)N2CCN(S(=O)(=O)c3ccc(Cl)c(Cl)c3)CC2)cc(OC)c1. The van der Waals surface area contributed by atoms with Crippen LogP contribution in [0, 0.1) is 0 Å². The molecule has 8 nitrogen and oxygen atoms in total. The first-order chi connectivity index (χ1) is 14.7. The number of hydrogen-bond donors (Lipinski definition) is 1. The van der Waals surface area contributed by atoms with Crippen molar-refractivity contribution in [3.63, 3.8) is 0 Å². The van der Waals surface area contributed by atoms with Crippen molar-refractivity contribution < 1.29 is 22.7 Å². The second kappa shape index (κ2) is 9.95. The molecule has 1 fully saturated rings. The lowest BCUT2D eigenvalue weighted by atomic mass is 10.2. The summed E-state index contributed by atoms with van der Waals surface area (Å²) in [6.45, 7) is 1.20. The van der Waals surface area contributed by atoms with Gasteiger partial charge in [0.15, 0.2) is 0 Å². The summed E-state index contributed by atoms with van der Waals surface area (Å²) >= 11 is 11.8. The van der Waals surface area contributed by atoms with E-state index in [1.54, 1.807) is 25.2 Å². The van der Waals surface area contributed by atoms with Crippen LogP contribution < -0.4 is 14.8 Å². The second-order valence-corrected chi connectivity index (χ2v) is 9.60. The fourth-order valence-corrected chi connectivity index (χ4v) is 4.99. The number of benzene rings is 2. The van der Waals surface area contributed by atoms with Crippen LogP contribution >= 0.6 is 23.2 Å². The number of nitrogens with one attached hydrogen (secondary N) is 1. The summed E-state index contributed by atoms with van der Waals surface area (Å²) in [6, 6.07) is 9.31. The number of ether oxygens (including phenoxy) is 2. The number of hydrogen-bond acceptors (Lipinski definition) is 5. The zero-order chi connectivity index (χ0) is 22.6. The number of urea groups is 1. The molecule has 31 heavy (non-hydrogen) atoms. The zero-order valence-corrected chi connectivity index (χ0v) is 19.4. The highest BCUT2D eigenvalue weighted by Gasteiger charge is 2.30. The van der Waals surface area contributed by atoms with E-state index in [1.807, 2.05) is 12.1 Å². The molecule has 0 spiro atoms. The number of carbonyl (C=O) groups excluding carboxylic acids is 1. The van der Waals surface area contributed by atoms with Crippen LogP contribution in [0.25, 0.3) is 0 Å². The van der Waals surface area contributed by atoms with Gasteiger partial charge in [0.25, 0.3) is 0 Å². The van der Waals surface area contributed by atoms with E-state index in [1.165, 1.54) is 22.5 Å². The van der Waals surface area contributed by atoms with Crippen LogP contribution in [0.4, 0.5) is 4.79 Å². The van der Waals surface area contributed by atoms with Crippen molar-refractivity contribution >= 4 is 39.3 Å². The predicted octanol–water partition coefficient (Wildman–Crippen LogP) is 3.23. The molecule has 1 saturated heterocycles. The maximum absolute atomic E-state index is 12.8. The Labute approximate surface area is 191 Å². The summed E-state index contributed by atoms with van der Waals surface area (Å²) in [7, 11) is -0.601. The van der Waals surface area contributed by atoms with Gasteiger partial charge in [0, 0.05) is 38.8 Å². The first kappa shape index (κ1) is 23.5. The average molecular weight is 488 g/mol. The third kappa shape index (κ3) is 5.54. The van der Waals surface area contributed by atoms with Gasteiger partial charge in [-0.2, -0.15) is 4.31 Å². The summed E-state index contributed by atoms with van der Waals surface area (Å²) in [5.74, 6) is 1.26. The quantitative estimate of drug-likeness (QED) is 0.675. The molecule has 2 aromatic rings. The van der Waals surface area contributed by atoms with E-state index in [2.05, 4.69) is 5.32 Å². The van der Waals surface area contributed by atoms with Crippen molar-refractivity contribution in [3.8, 4) is 11.5 Å². The molecule has 1 N–H and O–H groups in total. The Hall–Kier alpha value is -2.20. The highest BCUT2D eigenvalue weighted by Crippen LogP contribution is 2.27. The van der Waals surface area contributed by atoms with E-state index >= 15 is 0 Å². The minimum Gasteiger partial charge on any atom is -0.497 e. The number of amides is 2. The number of halogens is 2. The Bertz CT molecular complexity index is 1030. The summed E-state index contributed by atoms with van der Waals surface area (Å²) in [6.07, 6.45) is 0. The van der Waals surface area contributed by atoms with Crippen molar-refractivity contribution in [1.82, 2.24) is 14.5 Å². The molecule has 2 aromatic carbocycles. The minimum absolute atomic E-state index is 0.0757. The molecule has 0 radical (unpaired) electrons. The number of rotatable bonds is 6. The normalized spacial score (nSPS) is 14.9. The van der Waals surface area contributed by atoms with E-state index in [-0.39, 0.29) is 53.7 Å². The maximum atomic E-state index is 12.8. The molecule has 0 atom stereocenters. The minimum atomic E-state index is -3.72. The van der Waals surface area contributed by atoms with Crippen molar-refractivity contribution in [3.05, 3.63) is 52.0 Å². The molecular formula is C20H23Cl2N3O5S. The smallest absolute Gasteiger partial charge is 0.317 e. The molecule has 3 rings (SSSR count). The van der Waals surface area contributed by atoms with Gasteiger partial charge in [-0.05, 0) is 35.9 Å². The molecule has 2 amide bonds. The van der Waals surface area contributed by atoms with Gasteiger partial charge in [-0.15, -0.1) is 0 Å². The lowest BCUT2D eigenvalue weighted by Gasteiger charge is -2.34. The van der Waals surface area contributed by atoms with Gasteiger partial charge in [0.2, 0.25) is 10.0 Å². The van der Waals surface area contributed by atoms with Gasteiger partial charge < -0.3 is 19.7 Å². The van der Waals surface area contributed by atoms with Crippen LogP contribution in [-0.2, 0) is 16.6 Å². The van der Waals surface area contributed by atoms with Crippen LogP contribution in [0.15, 0.2) is 41.3 Å². The summed E-state index contributed by atoms with van der Waals surface area (Å²) in [5, 5.41) is 3.31. The highest BCUT2D eigenvalue weighted by atomic mass is 35.5. The molecular weight excluding hydrogens is 465 g/mol. The van der Waals surface area contributed by atoms with Gasteiger partial charge in [0.1, 0.15) is 11.5 Å². The van der Waals surface area contributed by atoms with E-state index < -0.39 is 10.0 Å². The number of sulfonamides is 1. The second-order valence-electron chi connectivity index (χ2n) is 6.85. The van der Waals surface area contributed by atoms with Crippen molar-refractivity contribution in [1.29, 1.82) is 0 Å². The third-order valence-electron chi connectivity index (χ3n) is 4.91. The lowest BCUT2D eigenvalue weighted by molar-refractivity contribution is 0.172. The molecule has 0 saturated carbocycles. The first-order valence-electron chi connectivity index (χ1n) is 9.44. The highest BCUT2D eigenvalue weighted by molar-refractivity contribution is 7.89. The number of methoxy groups -OCH3 is 2. The topological polar surface area (TPSA) is 88.2 Å². The Balaban J connectivity index is 1.58. The number of carbonyl (C=O) groups is 1. The Morgan fingerprint density at radius 3 is 2.13 bits per heavy atom. The van der Waals surface area contributed by atoms with Crippen molar-refractivity contribution in [2.45, 2.75) is 11.4 Å². The average Bonchev–Trinajstić information content (AvgIpc) is 2.78. The van der Waals surface area contributed by atoms with Crippen LogP contribution in [0.5, 0.6) is 11.5 Å². The van der Waals surface area contributed by atoms with Crippen LogP contribution in [0.3, 0.4) is 0 Å². The van der Waals surface area contributed by atoms with Crippen LogP contribution in [0.1, 0.15) is 5.56 Å². The van der Waals surface area contributed by atoms with Gasteiger partial charge in [0.05, 0.1) is 29.2 Å². The number of piperazine rings is 1. The molecule has 1 aliphatic rings. The third-order valence-corrected chi connectivity index (χ3v) is 7.54. The molecule has 0 bridgehead atoms. The largest absolute Gasteiger partial charge is 0.497 e. The molecule has 0 unspecified atom stereocenters. The van der Waals surface area contributed by atoms with Crippen molar-refractivity contribution in [2.75, 3.05) is 40.4 Å². The predicted molar refractivity (Wildman–Crippen MR) is 119 cm³/mol. The fourth-order valence-electron chi connectivity index (χ4n) is 3.18. The van der Waals surface area contributed by atoms with Gasteiger partial charge in [-0.25, -0.2) is 13.2 Å². The summed E-state index contributed by atoms with van der Waals surface area (Å²) in [4.78, 5) is 14.2. The van der Waals surface area contributed by atoms with Gasteiger partial charge >= 0.3 is 6.03 Å². The van der Waals surface area contributed by atoms with Gasteiger partial charge in [-0.3, -0.25) is 0 Å². The van der Waals surface area contributed by atoms with Crippen molar-refractivity contribution in [2.24, 2.45) is 0 Å². The maximum Gasteiger partial charge on any atom is 0.317 e. The zero-order valence-electron chi connectivity index (χ0n) is 17.1. The van der Waals surface area contributed by atoms with E-state index in [9.17, 15) is 13.2 Å². The molecule has 1 aliphatic heterocycles. The van der Waals surface area contributed by atoms with E-state index in [4.69, 9.17) is 32.7 Å². The Morgan fingerprint density at radius 2 is 1.58 bits per heavy atom. The van der Waals surface area contributed by atoms with Crippen LogP contribution in [0.2, 0.25) is 10.0 Å². The van der Waals surface area contributed by atoms with E-state index in [0.717, 1.165) is 5.56 Å². The fraction of sp³-hybridized carbons (Fsp3) is 0.350. The molecule has 11 heteroatoms. The standard InChI is InChI=1S/C20H23Cl2N3O5S/c1-29-15-9-14(10-16(11-15)30-2)13-23-20(26)24-5-7-25(8-6-24)31(27,28)17-3-4-18(21)19(22)12-17/h3-4,9-12H,5-8,13H2,1-2H3,(H,23,26). The van der Waals surface area contributed by atoms with Gasteiger partial charge in [-0.1, -0.05) is 23.2 Å². The molecule has 0 aliphatic carbocycles. The Kier molecular flexibility index (Phi) is 7.53.